The highest BCUT2D eigenvalue weighted by molar-refractivity contribution is 5.98. The SMILES string of the molecule is COC(=O)C(C#N)CC(=O)c1ccc2c(c1)CCC2. The Bertz CT molecular complexity index is 557. The summed E-state index contributed by atoms with van der Waals surface area (Å²) in [4.78, 5) is 23.4. The van der Waals surface area contributed by atoms with Gasteiger partial charge in [0.2, 0.25) is 0 Å². The molecule has 1 aliphatic rings. The van der Waals surface area contributed by atoms with Crippen LogP contribution in [0, 0.1) is 17.2 Å². The van der Waals surface area contributed by atoms with Crippen molar-refractivity contribution in [3.8, 4) is 6.07 Å². The number of fused-ring (bicyclic) bond motifs is 1. The second kappa shape index (κ2) is 5.66. The number of rotatable bonds is 4. The molecule has 2 rings (SSSR count). The Morgan fingerprint density at radius 3 is 2.79 bits per heavy atom. The Kier molecular flexibility index (Phi) is 3.96. The third-order valence-electron chi connectivity index (χ3n) is 3.45. The molecule has 0 spiro atoms. The molecule has 4 nitrogen and oxygen atoms in total. The van der Waals surface area contributed by atoms with E-state index in [0.717, 1.165) is 19.3 Å². The first-order valence-corrected chi connectivity index (χ1v) is 6.28. The van der Waals surface area contributed by atoms with Crippen molar-refractivity contribution in [1.82, 2.24) is 0 Å². The first-order chi connectivity index (χ1) is 9.15. The maximum atomic E-state index is 12.1. The molecule has 0 bridgehead atoms. The van der Waals surface area contributed by atoms with Crippen LogP contribution in [0.25, 0.3) is 0 Å². The van der Waals surface area contributed by atoms with Gasteiger partial charge in [0.15, 0.2) is 11.7 Å². The average Bonchev–Trinajstić information content (AvgIpc) is 2.90. The normalized spacial score (nSPS) is 14.3. The molecule has 0 aliphatic heterocycles. The molecule has 0 N–H and O–H groups in total. The van der Waals surface area contributed by atoms with Gasteiger partial charge in [-0.05, 0) is 36.5 Å². The largest absolute Gasteiger partial charge is 0.468 e. The van der Waals surface area contributed by atoms with E-state index >= 15 is 0 Å². The summed E-state index contributed by atoms with van der Waals surface area (Å²) in [6.45, 7) is 0. The lowest BCUT2D eigenvalue weighted by Crippen LogP contribution is -2.18. The summed E-state index contributed by atoms with van der Waals surface area (Å²) >= 11 is 0. The molecule has 1 aromatic rings. The van der Waals surface area contributed by atoms with Crippen molar-refractivity contribution in [2.24, 2.45) is 5.92 Å². The van der Waals surface area contributed by atoms with Crippen LogP contribution < -0.4 is 0 Å². The van der Waals surface area contributed by atoms with E-state index in [9.17, 15) is 9.59 Å². The zero-order valence-corrected chi connectivity index (χ0v) is 10.8. The van der Waals surface area contributed by atoms with Crippen LogP contribution in [0.3, 0.4) is 0 Å². The Hall–Kier alpha value is -2.15. The predicted octanol–water partition coefficient (Wildman–Crippen LogP) is 2.06. The molecule has 0 saturated heterocycles. The topological polar surface area (TPSA) is 67.2 Å². The predicted molar refractivity (Wildman–Crippen MR) is 68.5 cm³/mol. The van der Waals surface area contributed by atoms with E-state index in [2.05, 4.69) is 4.74 Å². The molecule has 98 valence electrons. The number of hydrogen-bond acceptors (Lipinski definition) is 4. The number of Topliss-reactive ketones (excluding diaryl/α,β-unsaturated/α-hetero) is 1. The van der Waals surface area contributed by atoms with Gasteiger partial charge >= 0.3 is 5.97 Å². The number of ether oxygens (including phenoxy) is 1. The lowest BCUT2D eigenvalue weighted by atomic mass is 9.97. The quantitative estimate of drug-likeness (QED) is 0.611. The minimum atomic E-state index is -1.02. The van der Waals surface area contributed by atoms with Crippen molar-refractivity contribution in [3.63, 3.8) is 0 Å². The minimum Gasteiger partial charge on any atom is -0.468 e. The Morgan fingerprint density at radius 1 is 1.37 bits per heavy atom. The van der Waals surface area contributed by atoms with E-state index in [0.29, 0.717) is 5.56 Å². The fourth-order valence-corrected chi connectivity index (χ4v) is 2.37. The van der Waals surface area contributed by atoms with Gasteiger partial charge in [-0.3, -0.25) is 9.59 Å². The lowest BCUT2D eigenvalue weighted by molar-refractivity contribution is -0.143. The van der Waals surface area contributed by atoms with Gasteiger partial charge in [-0.1, -0.05) is 12.1 Å². The van der Waals surface area contributed by atoms with Crippen molar-refractivity contribution < 1.29 is 14.3 Å². The number of methoxy groups -OCH3 is 1. The monoisotopic (exact) mass is 257 g/mol. The minimum absolute atomic E-state index is 0.123. The van der Waals surface area contributed by atoms with Gasteiger partial charge < -0.3 is 4.74 Å². The molecule has 1 atom stereocenters. The molecule has 0 amide bonds. The summed E-state index contributed by atoms with van der Waals surface area (Å²) in [5.41, 5.74) is 3.07. The first kappa shape index (κ1) is 13.3. The van der Waals surface area contributed by atoms with Gasteiger partial charge in [0.25, 0.3) is 0 Å². The second-order valence-electron chi connectivity index (χ2n) is 4.67. The molecule has 1 aliphatic carbocycles. The van der Waals surface area contributed by atoms with Crippen molar-refractivity contribution in [1.29, 1.82) is 5.26 Å². The molecule has 0 fully saturated rings. The molecular weight excluding hydrogens is 242 g/mol. The third-order valence-corrected chi connectivity index (χ3v) is 3.45. The first-order valence-electron chi connectivity index (χ1n) is 6.28. The number of benzene rings is 1. The lowest BCUT2D eigenvalue weighted by Gasteiger charge is -2.07. The van der Waals surface area contributed by atoms with Crippen molar-refractivity contribution >= 4 is 11.8 Å². The summed E-state index contributed by atoms with van der Waals surface area (Å²) in [6, 6.07) is 7.44. The molecule has 0 radical (unpaired) electrons. The van der Waals surface area contributed by atoms with Crippen LogP contribution in [-0.2, 0) is 22.4 Å². The van der Waals surface area contributed by atoms with Crippen LogP contribution in [0.4, 0.5) is 0 Å². The summed E-state index contributed by atoms with van der Waals surface area (Å²) < 4.78 is 4.50. The van der Waals surface area contributed by atoms with E-state index in [1.807, 2.05) is 18.2 Å². The number of ketones is 1. The van der Waals surface area contributed by atoms with Crippen LogP contribution in [0.2, 0.25) is 0 Å². The van der Waals surface area contributed by atoms with E-state index < -0.39 is 11.9 Å². The zero-order valence-electron chi connectivity index (χ0n) is 10.8. The summed E-state index contributed by atoms with van der Waals surface area (Å²) in [5, 5.41) is 8.88. The Labute approximate surface area is 112 Å². The van der Waals surface area contributed by atoms with Crippen LogP contribution in [-0.4, -0.2) is 18.9 Å². The molecule has 4 heteroatoms. The van der Waals surface area contributed by atoms with Crippen molar-refractivity contribution in [2.45, 2.75) is 25.7 Å². The van der Waals surface area contributed by atoms with Crippen LogP contribution in [0.15, 0.2) is 18.2 Å². The highest BCUT2D eigenvalue weighted by Crippen LogP contribution is 2.24. The molecule has 1 aromatic carbocycles. The fraction of sp³-hybridized carbons (Fsp3) is 0.400. The third kappa shape index (κ3) is 2.82. The van der Waals surface area contributed by atoms with Gasteiger partial charge in [0, 0.05) is 12.0 Å². The van der Waals surface area contributed by atoms with E-state index in [1.54, 1.807) is 6.07 Å². The maximum absolute atomic E-state index is 12.1. The van der Waals surface area contributed by atoms with E-state index in [1.165, 1.54) is 18.2 Å². The zero-order chi connectivity index (χ0) is 13.8. The van der Waals surface area contributed by atoms with Gasteiger partial charge in [0.05, 0.1) is 13.2 Å². The van der Waals surface area contributed by atoms with Gasteiger partial charge in [-0.15, -0.1) is 0 Å². The van der Waals surface area contributed by atoms with Gasteiger partial charge in [0.1, 0.15) is 0 Å². The standard InChI is InChI=1S/C15H15NO3/c1-19-15(18)13(9-16)8-14(17)12-6-5-10-3-2-4-11(10)7-12/h5-7,13H,2-4,8H2,1H3. The van der Waals surface area contributed by atoms with Crippen molar-refractivity contribution in [3.05, 3.63) is 34.9 Å². The number of hydrogen-bond donors (Lipinski definition) is 0. The number of carbonyl (C=O) groups excluding carboxylic acids is 2. The van der Waals surface area contributed by atoms with Gasteiger partial charge in [-0.25, -0.2) is 0 Å². The highest BCUT2D eigenvalue weighted by atomic mass is 16.5. The summed E-state index contributed by atoms with van der Waals surface area (Å²) in [7, 11) is 1.21. The highest BCUT2D eigenvalue weighted by Gasteiger charge is 2.23. The van der Waals surface area contributed by atoms with Crippen LogP contribution >= 0.6 is 0 Å². The maximum Gasteiger partial charge on any atom is 0.323 e. The van der Waals surface area contributed by atoms with E-state index in [-0.39, 0.29) is 12.2 Å². The number of nitrogens with zero attached hydrogens (tertiary/aromatic N) is 1. The molecule has 0 heterocycles. The number of carbonyl (C=O) groups is 2. The van der Waals surface area contributed by atoms with Crippen LogP contribution in [0.1, 0.15) is 34.3 Å². The summed E-state index contributed by atoms with van der Waals surface area (Å²) in [6.07, 6.45) is 3.06. The van der Waals surface area contributed by atoms with Crippen LogP contribution in [0.5, 0.6) is 0 Å². The fourth-order valence-electron chi connectivity index (χ4n) is 2.37. The van der Waals surface area contributed by atoms with E-state index in [4.69, 9.17) is 5.26 Å². The Balaban J connectivity index is 2.12. The van der Waals surface area contributed by atoms with Gasteiger partial charge in [-0.2, -0.15) is 5.26 Å². The Morgan fingerprint density at radius 2 is 2.11 bits per heavy atom. The molecule has 19 heavy (non-hydrogen) atoms. The van der Waals surface area contributed by atoms with Crippen molar-refractivity contribution in [2.75, 3.05) is 7.11 Å². The number of nitriles is 1. The molecular formula is C15H15NO3. The molecule has 1 unspecified atom stereocenters. The number of aryl methyl sites for hydroxylation is 2. The molecule has 0 aromatic heterocycles. The average molecular weight is 257 g/mol. The number of esters is 1. The molecule has 0 saturated carbocycles. The summed E-state index contributed by atoms with van der Waals surface area (Å²) in [5.74, 6) is -1.87. The second-order valence-corrected chi connectivity index (χ2v) is 4.67. The smallest absolute Gasteiger partial charge is 0.323 e.